The van der Waals surface area contributed by atoms with Crippen molar-refractivity contribution < 1.29 is 9.53 Å². The molecule has 1 aromatic carbocycles. The predicted molar refractivity (Wildman–Crippen MR) is 81.8 cm³/mol. The summed E-state index contributed by atoms with van der Waals surface area (Å²) in [4.78, 5) is 15.7. The fourth-order valence-corrected chi connectivity index (χ4v) is 2.44. The van der Waals surface area contributed by atoms with E-state index in [1.165, 1.54) is 0 Å². The van der Waals surface area contributed by atoms with Gasteiger partial charge in [-0.05, 0) is 31.5 Å². The van der Waals surface area contributed by atoms with Crippen LogP contribution in [0, 0.1) is 13.8 Å². The van der Waals surface area contributed by atoms with E-state index in [1.54, 1.807) is 7.11 Å². The van der Waals surface area contributed by atoms with Gasteiger partial charge >= 0.3 is 0 Å². The van der Waals surface area contributed by atoms with Crippen LogP contribution in [0.15, 0.2) is 12.1 Å². The number of methoxy groups -OCH3 is 1. The minimum atomic E-state index is 0.107. The topological polar surface area (TPSA) is 54.1 Å². The Labute approximate surface area is 119 Å². The molecule has 0 aliphatic rings. The maximum atomic E-state index is 12.4. The lowest BCUT2D eigenvalue weighted by Gasteiger charge is -2.08. The average molecular weight is 274 g/mol. The van der Waals surface area contributed by atoms with Gasteiger partial charge in [0.05, 0.1) is 19.2 Å². The highest BCUT2D eigenvalue weighted by molar-refractivity contribution is 6.11. The molecule has 0 aliphatic heterocycles. The molecular weight excluding hydrogens is 252 g/mol. The molecule has 2 rings (SSSR count). The van der Waals surface area contributed by atoms with Crippen molar-refractivity contribution in [1.29, 1.82) is 0 Å². The summed E-state index contributed by atoms with van der Waals surface area (Å²) in [6.45, 7) is 8.34. The van der Waals surface area contributed by atoms with Crippen LogP contribution in [-0.2, 0) is 0 Å². The molecule has 2 N–H and O–H groups in total. The SMILES string of the molecule is COc1cc(C)cc2c(C(=O)CNC(C)C)c(C)[nH]c12. The zero-order valence-electron chi connectivity index (χ0n) is 12.8. The second-order valence-electron chi connectivity index (χ2n) is 5.47. The van der Waals surface area contributed by atoms with E-state index in [2.05, 4.69) is 10.3 Å². The number of aromatic nitrogens is 1. The number of H-pyrrole nitrogens is 1. The van der Waals surface area contributed by atoms with E-state index in [0.29, 0.717) is 12.6 Å². The molecule has 2 aromatic rings. The maximum Gasteiger partial charge on any atom is 0.179 e. The zero-order chi connectivity index (χ0) is 14.9. The monoisotopic (exact) mass is 274 g/mol. The van der Waals surface area contributed by atoms with Crippen molar-refractivity contribution >= 4 is 16.7 Å². The Bertz CT molecular complexity index is 641. The van der Waals surface area contributed by atoms with Gasteiger partial charge < -0.3 is 15.0 Å². The Morgan fingerprint density at radius 1 is 1.35 bits per heavy atom. The second-order valence-corrected chi connectivity index (χ2v) is 5.47. The van der Waals surface area contributed by atoms with Gasteiger partial charge in [-0.15, -0.1) is 0 Å². The van der Waals surface area contributed by atoms with Gasteiger partial charge in [0.15, 0.2) is 5.78 Å². The molecule has 0 amide bonds. The van der Waals surface area contributed by atoms with Crippen molar-refractivity contribution in [2.24, 2.45) is 0 Å². The maximum absolute atomic E-state index is 12.4. The molecule has 1 aromatic heterocycles. The molecule has 0 unspecified atom stereocenters. The van der Waals surface area contributed by atoms with E-state index in [1.807, 2.05) is 39.8 Å². The number of carbonyl (C=O) groups excluding carboxylic acids is 1. The Kier molecular flexibility index (Phi) is 4.14. The molecule has 0 atom stereocenters. The van der Waals surface area contributed by atoms with Crippen molar-refractivity contribution in [3.05, 3.63) is 29.0 Å². The third-order valence-corrected chi connectivity index (χ3v) is 3.37. The van der Waals surface area contributed by atoms with Crippen LogP contribution < -0.4 is 10.1 Å². The number of fused-ring (bicyclic) bond motifs is 1. The van der Waals surface area contributed by atoms with Crippen molar-refractivity contribution in [1.82, 2.24) is 10.3 Å². The van der Waals surface area contributed by atoms with Crippen molar-refractivity contribution in [2.75, 3.05) is 13.7 Å². The van der Waals surface area contributed by atoms with Gasteiger partial charge in [-0.2, -0.15) is 0 Å². The smallest absolute Gasteiger partial charge is 0.179 e. The summed E-state index contributed by atoms with van der Waals surface area (Å²) >= 11 is 0. The van der Waals surface area contributed by atoms with Gasteiger partial charge in [-0.25, -0.2) is 0 Å². The number of nitrogens with one attached hydrogen (secondary N) is 2. The first kappa shape index (κ1) is 14.6. The van der Waals surface area contributed by atoms with Crippen molar-refractivity contribution in [3.8, 4) is 5.75 Å². The van der Waals surface area contributed by atoms with Gasteiger partial charge in [0.25, 0.3) is 0 Å². The van der Waals surface area contributed by atoms with Crippen LogP contribution >= 0.6 is 0 Å². The molecule has 1 heterocycles. The van der Waals surface area contributed by atoms with Gasteiger partial charge in [-0.1, -0.05) is 13.8 Å². The number of ketones is 1. The number of aromatic amines is 1. The number of ether oxygens (including phenoxy) is 1. The quantitative estimate of drug-likeness (QED) is 0.824. The van der Waals surface area contributed by atoms with Gasteiger partial charge in [0.1, 0.15) is 5.75 Å². The Hall–Kier alpha value is -1.81. The lowest BCUT2D eigenvalue weighted by molar-refractivity contribution is 0.0989. The Morgan fingerprint density at radius 2 is 2.05 bits per heavy atom. The van der Waals surface area contributed by atoms with Crippen LogP contribution in [0.4, 0.5) is 0 Å². The Morgan fingerprint density at radius 3 is 2.65 bits per heavy atom. The average Bonchev–Trinajstić information content (AvgIpc) is 2.71. The summed E-state index contributed by atoms with van der Waals surface area (Å²) < 4.78 is 5.40. The summed E-state index contributed by atoms with van der Waals surface area (Å²) in [6, 6.07) is 4.30. The minimum Gasteiger partial charge on any atom is -0.495 e. The summed E-state index contributed by atoms with van der Waals surface area (Å²) in [5.74, 6) is 0.883. The van der Waals surface area contributed by atoms with Crippen LogP contribution in [-0.4, -0.2) is 30.5 Å². The van der Waals surface area contributed by atoms with Crippen molar-refractivity contribution in [2.45, 2.75) is 33.7 Å². The molecule has 0 saturated heterocycles. The van der Waals surface area contributed by atoms with Gasteiger partial charge in [0.2, 0.25) is 0 Å². The molecule has 0 radical (unpaired) electrons. The van der Waals surface area contributed by atoms with Gasteiger partial charge in [0, 0.05) is 22.7 Å². The molecule has 0 aliphatic carbocycles. The summed E-state index contributed by atoms with van der Waals surface area (Å²) in [6.07, 6.45) is 0. The largest absolute Gasteiger partial charge is 0.495 e. The summed E-state index contributed by atoms with van der Waals surface area (Å²) in [5, 5.41) is 4.11. The first-order valence-corrected chi connectivity index (χ1v) is 6.87. The fourth-order valence-electron chi connectivity index (χ4n) is 2.44. The van der Waals surface area contributed by atoms with Crippen LogP contribution in [0.25, 0.3) is 10.9 Å². The van der Waals surface area contributed by atoms with E-state index in [0.717, 1.165) is 33.5 Å². The number of Topliss-reactive ketones (excluding diaryl/α,β-unsaturated/α-hetero) is 1. The molecular formula is C16H22N2O2. The third-order valence-electron chi connectivity index (χ3n) is 3.37. The second kappa shape index (κ2) is 5.67. The number of hydrogen-bond acceptors (Lipinski definition) is 3. The third kappa shape index (κ3) is 2.70. The highest BCUT2D eigenvalue weighted by Crippen LogP contribution is 2.31. The number of benzene rings is 1. The van der Waals surface area contributed by atoms with E-state index < -0.39 is 0 Å². The first-order valence-electron chi connectivity index (χ1n) is 6.87. The molecule has 0 fully saturated rings. The molecule has 0 bridgehead atoms. The van der Waals surface area contributed by atoms with Crippen LogP contribution in [0.1, 0.15) is 35.5 Å². The standard InChI is InChI=1S/C16H22N2O2/c1-9(2)17-8-13(19)15-11(4)18-16-12(15)6-10(3)7-14(16)20-5/h6-7,9,17-18H,8H2,1-5H3. The van der Waals surface area contributed by atoms with Crippen molar-refractivity contribution in [3.63, 3.8) is 0 Å². The van der Waals surface area contributed by atoms with Crippen LogP contribution in [0.3, 0.4) is 0 Å². The lowest BCUT2D eigenvalue weighted by atomic mass is 10.0. The number of hydrogen-bond donors (Lipinski definition) is 2. The summed E-state index contributed by atoms with van der Waals surface area (Å²) in [5.41, 5.74) is 3.62. The Balaban J connectivity index is 2.50. The fraction of sp³-hybridized carbons (Fsp3) is 0.438. The summed E-state index contributed by atoms with van der Waals surface area (Å²) in [7, 11) is 1.65. The molecule has 108 valence electrons. The lowest BCUT2D eigenvalue weighted by Crippen LogP contribution is -2.29. The first-order chi connectivity index (χ1) is 9.43. The normalized spacial score (nSPS) is 11.3. The highest BCUT2D eigenvalue weighted by atomic mass is 16.5. The number of carbonyl (C=O) groups is 1. The van der Waals surface area contributed by atoms with Crippen LogP contribution in [0.5, 0.6) is 5.75 Å². The zero-order valence-corrected chi connectivity index (χ0v) is 12.8. The van der Waals surface area contributed by atoms with E-state index in [9.17, 15) is 4.79 Å². The van der Waals surface area contributed by atoms with E-state index in [-0.39, 0.29) is 5.78 Å². The number of aryl methyl sites for hydroxylation is 2. The van der Waals surface area contributed by atoms with E-state index >= 15 is 0 Å². The minimum absolute atomic E-state index is 0.107. The molecule has 0 saturated carbocycles. The highest BCUT2D eigenvalue weighted by Gasteiger charge is 2.18. The molecule has 0 spiro atoms. The van der Waals surface area contributed by atoms with Gasteiger partial charge in [-0.3, -0.25) is 4.79 Å². The number of rotatable bonds is 5. The molecule has 20 heavy (non-hydrogen) atoms. The van der Waals surface area contributed by atoms with Crippen LogP contribution in [0.2, 0.25) is 0 Å². The van der Waals surface area contributed by atoms with E-state index in [4.69, 9.17) is 4.74 Å². The molecule has 4 heteroatoms. The predicted octanol–water partition coefficient (Wildman–Crippen LogP) is 2.97. The molecule has 4 nitrogen and oxygen atoms in total.